The lowest BCUT2D eigenvalue weighted by molar-refractivity contribution is -0.202. The van der Waals surface area contributed by atoms with Crippen molar-refractivity contribution in [1.82, 2.24) is 5.32 Å². The molecule has 5 aliphatic carbocycles. The molecule has 1 amide bonds. The van der Waals surface area contributed by atoms with E-state index in [0.29, 0.717) is 12.3 Å². The van der Waals surface area contributed by atoms with E-state index in [1.807, 2.05) is 13.0 Å². The van der Waals surface area contributed by atoms with Crippen LogP contribution in [0.2, 0.25) is 0 Å². The quantitative estimate of drug-likeness (QED) is 0.448. The molecule has 9 atom stereocenters. The van der Waals surface area contributed by atoms with Crippen LogP contribution in [0.25, 0.3) is 0 Å². The van der Waals surface area contributed by atoms with E-state index in [0.717, 1.165) is 51.4 Å². The first-order valence-corrected chi connectivity index (χ1v) is 14.9. The Kier molecular flexibility index (Phi) is 6.16. The van der Waals surface area contributed by atoms with Crippen molar-refractivity contribution in [2.24, 2.45) is 50.2 Å². The minimum Gasteiger partial charge on any atom is -0.480 e. The van der Waals surface area contributed by atoms with Crippen LogP contribution in [0.15, 0.2) is 11.6 Å². The molecule has 0 bridgehead atoms. The molecule has 0 aromatic heterocycles. The lowest BCUT2D eigenvalue weighted by atomic mass is 9.33. The van der Waals surface area contributed by atoms with Crippen LogP contribution in [0.1, 0.15) is 106 Å². The van der Waals surface area contributed by atoms with Crippen molar-refractivity contribution < 1.29 is 24.6 Å². The monoisotopic (exact) mass is 527 g/mol. The standard InChI is InChI=1S/C32H49NO5/c1-27(2)22-8-11-32(7)25(30(22,5)10-9-23(27)35)21(34)16-19-20-17-29(4,26(38)33-18-24(36)37)13-12-28(20,3)14-15-31(19,32)6/h16,20,22-23,25,35H,8-15,17-18H2,1-7H3,(H,33,38)(H,36,37)/t20-,22-,23-,25+,28+,29+,30-,31+,32+/m0/s1. The number of carboxylic acid groups (broad SMARTS) is 1. The van der Waals surface area contributed by atoms with Crippen molar-refractivity contribution in [3.05, 3.63) is 11.6 Å². The van der Waals surface area contributed by atoms with Crippen LogP contribution in [-0.2, 0) is 14.4 Å². The summed E-state index contributed by atoms with van der Waals surface area (Å²) in [5.74, 6) is -0.581. The minimum atomic E-state index is -1.03. The maximum absolute atomic E-state index is 14.4. The second kappa shape index (κ2) is 8.41. The number of carboxylic acids is 1. The second-order valence-electron chi connectivity index (χ2n) is 15.7. The van der Waals surface area contributed by atoms with Gasteiger partial charge in [-0.2, -0.15) is 0 Å². The van der Waals surface area contributed by atoms with E-state index in [1.165, 1.54) is 5.57 Å². The Morgan fingerprint density at radius 1 is 0.947 bits per heavy atom. The number of hydrogen-bond donors (Lipinski definition) is 3. The molecule has 212 valence electrons. The molecule has 0 aromatic rings. The van der Waals surface area contributed by atoms with E-state index in [9.17, 15) is 19.5 Å². The Morgan fingerprint density at radius 2 is 1.61 bits per heavy atom. The second-order valence-corrected chi connectivity index (χ2v) is 15.7. The van der Waals surface area contributed by atoms with Gasteiger partial charge in [0.15, 0.2) is 5.78 Å². The molecule has 0 aromatic carbocycles. The summed E-state index contributed by atoms with van der Waals surface area (Å²) in [6.07, 6.45) is 9.77. The molecule has 38 heavy (non-hydrogen) atoms. The highest BCUT2D eigenvalue weighted by Crippen LogP contribution is 2.75. The number of aliphatic hydroxyl groups is 1. The number of hydrogen-bond acceptors (Lipinski definition) is 4. The summed E-state index contributed by atoms with van der Waals surface area (Å²) in [7, 11) is 0. The fourth-order valence-electron chi connectivity index (χ4n) is 10.7. The Labute approximate surface area is 228 Å². The van der Waals surface area contributed by atoms with Crippen LogP contribution in [0.5, 0.6) is 0 Å². The van der Waals surface area contributed by atoms with E-state index in [-0.39, 0.29) is 63.2 Å². The summed E-state index contributed by atoms with van der Waals surface area (Å²) in [5.41, 5.74) is 0.00376. The third-order valence-electron chi connectivity index (χ3n) is 13.5. The van der Waals surface area contributed by atoms with Crippen molar-refractivity contribution in [2.45, 2.75) is 112 Å². The highest BCUT2D eigenvalue weighted by molar-refractivity contribution is 5.96. The first-order valence-electron chi connectivity index (χ1n) is 14.9. The van der Waals surface area contributed by atoms with Crippen molar-refractivity contribution in [3.63, 3.8) is 0 Å². The fraction of sp³-hybridized carbons (Fsp3) is 0.844. The number of ketones is 1. The SMILES string of the molecule is CC1(C)[C@@H](O)CC[C@]2(C)[C@H]3C(=O)C=C4[C@@H]5C[C@](C)(C(=O)NCC(=O)O)CC[C@]5(C)CC[C@@]4(C)[C@]3(C)CC[C@@H]12. The van der Waals surface area contributed by atoms with Gasteiger partial charge in [-0.05, 0) is 103 Å². The van der Waals surface area contributed by atoms with Gasteiger partial charge in [-0.25, -0.2) is 0 Å². The number of amides is 1. The van der Waals surface area contributed by atoms with Crippen LogP contribution in [0.3, 0.4) is 0 Å². The number of aliphatic carboxylic acids is 1. The Balaban J connectivity index is 1.55. The van der Waals surface area contributed by atoms with E-state index in [1.54, 1.807) is 0 Å². The van der Waals surface area contributed by atoms with Crippen LogP contribution in [0, 0.1) is 50.2 Å². The Hall–Kier alpha value is -1.69. The molecular weight excluding hydrogens is 478 g/mol. The lowest BCUT2D eigenvalue weighted by Gasteiger charge is -2.70. The molecule has 0 aliphatic heterocycles. The average molecular weight is 528 g/mol. The molecule has 6 nitrogen and oxygen atoms in total. The van der Waals surface area contributed by atoms with Gasteiger partial charge in [0.05, 0.1) is 6.10 Å². The number of carbonyl (C=O) groups excluding carboxylic acids is 2. The van der Waals surface area contributed by atoms with Crippen LogP contribution >= 0.6 is 0 Å². The molecule has 5 rings (SSSR count). The molecule has 3 N–H and O–H groups in total. The Morgan fingerprint density at radius 3 is 2.26 bits per heavy atom. The molecule has 0 heterocycles. The molecule has 5 aliphatic rings. The van der Waals surface area contributed by atoms with Crippen molar-refractivity contribution in [3.8, 4) is 0 Å². The van der Waals surface area contributed by atoms with Gasteiger partial charge >= 0.3 is 5.97 Å². The molecule has 4 saturated carbocycles. The summed E-state index contributed by atoms with van der Waals surface area (Å²) in [4.78, 5) is 38.7. The Bertz CT molecular complexity index is 1100. The van der Waals surface area contributed by atoms with Gasteiger partial charge in [0.25, 0.3) is 0 Å². The van der Waals surface area contributed by atoms with Crippen LogP contribution in [0.4, 0.5) is 0 Å². The molecular formula is C32H49NO5. The third kappa shape index (κ3) is 3.57. The maximum atomic E-state index is 14.4. The van der Waals surface area contributed by atoms with E-state index in [2.05, 4.69) is 46.9 Å². The van der Waals surface area contributed by atoms with Gasteiger partial charge in [0, 0.05) is 11.3 Å². The zero-order valence-electron chi connectivity index (χ0n) is 24.6. The number of nitrogens with one attached hydrogen (secondary N) is 1. The summed E-state index contributed by atoms with van der Waals surface area (Å²) in [6.45, 7) is 15.5. The molecule has 0 radical (unpaired) electrons. The molecule has 6 heteroatoms. The highest BCUT2D eigenvalue weighted by atomic mass is 16.4. The largest absolute Gasteiger partial charge is 0.480 e. The first-order chi connectivity index (χ1) is 17.4. The van der Waals surface area contributed by atoms with Gasteiger partial charge in [-0.1, -0.05) is 54.0 Å². The number of aliphatic hydroxyl groups excluding tert-OH is 1. The number of carbonyl (C=O) groups is 3. The van der Waals surface area contributed by atoms with Gasteiger partial charge < -0.3 is 15.5 Å². The summed E-state index contributed by atoms with van der Waals surface area (Å²) in [5, 5.41) is 22.7. The first kappa shape index (κ1) is 27.9. The molecule has 0 saturated heterocycles. The molecule has 0 unspecified atom stereocenters. The zero-order chi connectivity index (χ0) is 28.1. The average Bonchev–Trinajstić information content (AvgIpc) is 2.82. The van der Waals surface area contributed by atoms with Gasteiger partial charge in [-0.15, -0.1) is 0 Å². The van der Waals surface area contributed by atoms with E-state index >= 15 is 0 Å². The molecule has 0 spiro atoms. The smallest absolute Gasteiger partial charge is 0.322 e. The predicted molar refractivity (Wildman–Crippen MR) is 146 cm³/mol. The van der Waals surface area contributed by atoms with Crippen molar-refractivity contribution >= 4 is 17.7 Å². The number of rotatable bonds is 3. The topological polar surface area (TPSA) is 104 Å². The van der Waals surface area contributed by atoms with Gasteiger partial charge in [0.2, 0.25) is 5.91 Å². The number of fused-ring (bicyclic) bond motifs is 7. The van der Waals surface area contributed by atoms with Crippen molar-refractivity contribution in [1.29, 1.82) is 0 Å². The van der Waals surface area contributed by atoms with Gasteiger partial charge in [-0.3, -0.25) is 14.4 Å². The summed E-state index contributed by atoms with van der Waals surface area (Å²) in [6, 6.07) is 0. The lowest BCUT2D eigenvalue weighted by Crippen LogP contribution is -2.66. The van der Waals surface area contributed by atoms with Crippen LogP contribution in [-0.4, -0.2) is 40.5 Å². The third-order valence-corrected chi connectivity index (χ3v) is 13.5. The maximum Gasteiger partial charge on any atom is 0.322 e. The summed E-state index contributed by atoms with van der Waals surface area (Å²) >= 11 is 0. The minimum absolute atomic E-state index is 0.0411. The molecule has 4 fully saturated rings. The highest BCUT2D eigenvalue weighted by Gasteiger charge is 2.70. The fourth-order valence-corrected chi connectivity index (χ4v) is 10.7. The van der Waals surface area contributed by atoms with E-state index in [4.69, 9.17) is 5.11 Å². The van der Waals surface area contributed by atoms with Crippen LogP contribution < -0.4 is 5.32 Å². The number of allylic oxidation sites excluding steroid dienone is 2. The predicted octanol–water partition coefficient (Wildman–Crippen LogP) is 5.53. The normalized spacial score (nSPS) is 49.5. The van der Waals surface area contributed by atoms with E-state index < -0.39 is 11.4 Å². The van der Waals surface area contributed by atoms with Crippen molar-refractivity contribution in [2.75, 3.05) is 6.54 Å². The summed E-state index contributed by atoms with van der Waals surface area (Å²) < 4.78 is 0. The zero-order valence-corrected chi connectivity index (χ0v) is 24.6. The van der Waals surface area contributed by atoms with Gasteiger partial charge in [0.1, 0.15) is 6.54 Å².